The zero-order chi connectivity index (χ0) is 20.5. The third kappa shape index (κ3) is 6.34. The maximum absolute atomic E-state index is 12.8. The fourth-order valence-electron chi connectivity index (χ4n) is 3.08. The predicted molar refractivity (Wildman–Crippen MR) is 118 cm³/mol. The summed E-state index contributed by atoms with van der Waals surface area (Å²) in [5, 5.41) is 0.721. The van der Waals surface area contributed by atoms with Crippen LogP contribution < -0.4 is 0 Å². The highest BCUT2D eigenvalue weighted by atomic mass is 35.5. The van der Waals surface area contributed by atoms with Gasteiger partial charge in [-0.15, -0.1) is 0 Å². The van der Waals surface area contributed by atoms with Crippen LogP contribution >= 0.6 is 11.6 Å². The zero-order valence-electron chi connectivity index (χ0n) is 16.5. The van der Waals surface area contributed by atoms with Gasteiger partial charge in [0.2, 0.25) is 5.91 Å². The van der Waals surface area contributed by atoms with Gasteiger partial charge in [-0.3, -0.25) is 4.79 Å². The molecule has 0 saturated heterocycles. The monoisotopic (exact) mass is 408 g/mol. The maximum atomic E-state index is 12.8. The van der Waals surface area contributed by atoms with Crippen molar-refractivity contribution in [1.29, 1.82) is 0 Å². The number of methoxy groups -OCH3 is 1. The average molecular weight is 409 g/mol. The zero-order valence-corrected chi connectivity index (χ0v) is 17.3. The lowest BCUT2D eigenvalue weighted by Crippen LogP contribution is -2.33. The summed E-state index contributed by atoms with van der Waals surface area (Å²) in [6.45, 7) is 2.22. The third-order valence-corrected chi connectivity index (χ3v) is 4.85. The molecule has 0 aliphatic heterocycles. The van der Waals surface area contributed by atoms with E-state index in [1.165, 1.54) is 0 Å². The van der Waals surface area contributed by atoms with E-state index in [1.54, 1.807) is 18.1 Å². The minimum absolute atomic E-state index is 0.0404. The van der Waals surface area contributed by atoms with Crippen LogP contribution in [0.4, 0.5) is 0 Å². The topological polar surface area (TPSA) is 34.5 Å². The molecule has 150 valence electrons. The SMILES string of the molecule is COCCN(Cc1cccn1Cc1cccc(Cl)c1)C(=O)C=Cc1ccccc1. The lowest BCUT2D eigenvalue weighted by Gasteiger charge is -2.22. The first-order valence-electron chi connectivity index (χ1n) is 9.55. The van der Waals surface area contributed by atoms with Crippen molar-refractivity contribution in [2.24, 2.45) is 0 Å². The van der Waals surface area contributed by atoms with Crippen LogP contribution in [-0.4, -0.2) is 35.6 Å². The smallest absolute Gasteiger partial charge is 0.247 e. The van der Waals surface area contributed by atoms with Gasteiger partial charge in [-0.1, -0.05) is 54.1 Å². The number of carbonyl (C=O) groups is 1. The molecule has 29 heavy (non-hydrogen) atoms. The molecule has 5 heteroatoms. The van der Waals surface area contributed by atoms with Gasteiger partial charge in [0.25, 0.3) is 0 Å². The summed E-state index contributed by atoms with van der Waals surface area (Å²) < 4.78 is 7.34. The van der Waals surface area contributed by atoms with Crippen LogP contribution in [0.5, 0.6) is 0 Å². The van der Waals surface area contributed by atoms with Gasteiger partial charge in [0, 0.05) is 43.2 Å². The first-order valence-corrected chi connectivity index (χ1v) is 9.93. The molecular formula is C24H25ClN2O2. The van der Waals surface area contributed by atoms with Crippen molar-refractivity contribution in [2.75, 3.05) is 20.3 Å². The number of carbonyl (C=O) groups excluding carboxylic acids is 1. The Hall–Kier alpha value is -2.82. The molecule has 2 aromatic carbocycles. The summed E-state index contributed by atoms with van der Waals surface area (Å²) in [6.07, 6.45) is 5.48. The van der Waals surface area contributed by atoms with Crippen LogP contribution in [0.2, 0.25) is 5.02 Å². The number of rotatable bonds is 9. The fourth-order valence-corrected chi connectivity index (χ4v) is 3.29. The number of ether oxygens (including phenoxy) is 1. The van der Waals surface area contributed by atoms with Crippen LogP contribution in [0.15, 0.2) is 79.0 Å². The van der Waals surface area contributed by atoms with Crippen LogP contribution in [-0.2, 0) is 22.6 Å². The molecule has 0 N–H and O–H groups in total. The molecular weight excluding hydrogens is 384 g/mol. The number of amides is 1. The normalized spacial score (nSPS) is 11.1. The highest BCUT2D eigenvalue weighted by molar-refractivity contribution is 6.30. The van der Waals surface area contributed by atoms with E-state index in [4.69, 9.17) is 16.3 Å². The average Bonchev–Trinajstić information content (AvgIpc) is 3.16. The molecule has 4 nitrogen and oxygen atoms in total. The number of hydrogen-bond donors (Lipinski definition) is 0. The van der Waals surface area contributed by atoms with Gasteiger partial charge in [0.1, 0.15) is 0 Å². The van der Waals surface area contributed by atoms with Crippen LogP contribution in [0, 0.1) is 0 Å². The number of benzene rings is 2. The fraction of sp³-hybridized carbons (Fsp3) is 0.208. The van der Waals surface area contributed by atoms with E-state index in [9.17, 15) is 4.79 Å². The van der Waals surface area contributed by atoms with Gasteiger partial charge in [-0.05, 0) is 41.5 Å². The van der Waals surface area contributed by atoms with Crippen molar-refractivity contribution in [3.05, 3.63) is 101 Å². The molecule has 0 aliphatic rings. The highest BCUT2D eigenvalue weighted by Gasteiger charge is 2.13. The Morgan fingerprint density at radius 3 is 2.69 bits per heavy atom. The minimum atomic E-state index is -0.0404. The molecule has 0 aliphatic carbocycles. The van der Waals surface area contributed by atoms with Gasteiger partial charge >= 0.3 is 0 Å². The second-order valence-electron chi connectivity index (χ2n) is 6.75. The van der Waals surface area contributed by atoms with E-state index in [-0.39, 0.29) is 5.91 Å². The molecule has 1 amide bonds. The molecule has 0 fully saturated rings. The van der Waals surface area contributed by atoms with E-state index in [1.807, 2.05) is 79.0 Å². The molecule has 3 rings (SSSR count). The Bertz CT molecular complexity index is 950. The summed E-state index contributed by atoms with van der Waals surface area (Å²) in [6, 6.07) is 21.7. The van der Waals surface area contributed by atoms with E-state index in [0.717, 1.165) is 21.8 Å². The van der Waals surface area contributed by atoms with Gasteiger partial charge in [-0.25, -0.2) is 0 Å². The molecule has 0 atom stereocenters. The number of nitrogens with zero attached hydrogens (tertiary/aromatic N) is 2. The molecule has 1 heterocycles. The van der Waals surface area contributed by atoms with Crippen LogP contribution in [0.25, 0.3) is 6.08 Å². The van der Waals surface area contributed by atoms with Crippen molar-refractivity contribution in [2.45, 2.75) is 13.1 Å². The molecule has 0 spiro atoms. The summed E-state index contributed by atoms with van der Waals surface area (Å²) in [5.74, 6) is -0.0404. The van der Waals surface area contributed by atoms with E-state index < -0.39 is 0 Å². The summed E-state index contributed by atoms with van der Waals surface area (Å²) in [4.78, 5) is 14.6. The molecule has 0 bridgehead atoms. The van der Waals surface area contributed by atoms with Crippen molar-refractivity contribution >= 4 is 23.6 Å². The maximum Gasteiger partial charge on any atom is 0.247 e. The quantitative estimate of drug-likeness (QED) is 0.473. The molecule has 1 aromatic heterocycles. The molecule has 0 unspecified atom stereocenters. The van der Waals surface area contributed by atoms with Gasteiger partial charge < -0.3 is 14.2 Å². The Labute approximate surface area is 177 Å². The summed E-state index contributed by atoms with van der Waals surface area (Å²) >= 11 is 6.11. The largest absolute Gasteiger partial charge is 0.383 e. The highest BCUT2D eigenvalue weighted by Crippen LogP contribution is 2.15. The summed E-state index contributed by atoms with van der Waals surface area (Å²) in [5.41, 5.74) is 3.17. The molecule has 3 aromatic rings. The predicted octanol–water partition coefficient (Wildman–Crippen LogP) is 4.88. The number of aromatic nitrogens is 1. The first kappa shape index (κ1) is 20.9. The Morgan fingerprint density at radius 1 is 1.10 bits per heavy atom. The second kappa shape index (κ2) is 10.6. The van der Waals surface area contributed by atoms with Crippen molar-refractivity contribution in [3.63, 3.8) is 0 Å². The second-order valence-corrected chi connectivity index (χ2v) is 7.19. The lowest BCUT2D eigenvalue weighted by atomic mass is 10.2. The summed E-state index contributed by atoms with van der Waals surface area (Å²) in [7, 11) is 1.64. The number of halogens is 1. The van der Waals surface area contributed by atoms with E-state index in [0.29, 0.717) is 26.2 Å². The Kier molecular flexibility index (Phi) is 7.68. The lowest BCUT2D eigenvalue weighted by molar-refractivity contribution is -0.127. The van der Waals surface area contributed by atoms with Gasteiger partial charge in [0.15, 0.2) is 0 Å². The standard InChI is InChI=1S/C24H25ClN2O2/c1-29-16-15-27(24(28)13-12-20-7-3-2-4-8-20)19-23-11-6-14-26(23)18-21-9-5-10-22(25)17-21/h2-14,17H,15-16,18-19H2,1H3. The van der Waals surface area contributed by atoms with Crippen LogP contribution in [0.3, 0.4) is 0 Å². The van der Waals surface area contributed by atoms with E-state index in [2.05, 4.69) is 4.57 Å². The Balaban J connectivity index is 1.72. The number of hydrogen-bond acceptors (Lipinski definition) is 2. The Morgan fingerprint density at radius 2 is 1.93 bits per heavy atom. The van der Waals surface area contributed by atoms with Gasteiger partial charge in [0.05, 0.1) is 13.2 Å². The van der Waals surface area contributed by atoms with Crippen molar-refractivity contribution in [3.8, 4) is 0 Å². The van der Waals surface area contributed by atoms with Crippen molar-refractivity contribution < 1.29 is 9.53 Å². The minimum Gasteiger partial charge on any atom is -0.383 e. The first-order chi connectivity index (χ1) is 14.2. The van der Waals surface area contributed by atoms with E-state index >= 15 is 0 Å². The van der Waals surface area contributed by atoms with Gasteiger partial charge in [-0.2, -0.15) is 0 Å². The third-order valence-electron chi connectivity index (χ3n) is 4.61. The molecule has 0 radical (unpaired) electrons. The molecule has 0 saturated carbocycles. The van der Waals surface area contributed by atoms with Crippen molar-refractivity contribution in [1.82, 2.24) is 9.47 Å². The van der Waals surface area contributed by atoms with Crippen LogP contribution in [0.1, 0.15) is 16.8 Å².